The molecule has 0 spiro atoms. The van der Waals surface area contributed by atoms with E-state index in [0.29, 0.717) is 12.2 Å². The summed E-state index contributed by atoms with van der Waals surface area (Å²) in [5, 5.41) is 12.0. The van der Waals surface area contributed by atoms with Gasteiger partial charge in [0.15, 0.2) is 11.2 Å². The van der Waals surface area contributed by atoms with Crippen LogP contribution in [0.25, 0.3) is 11.2 Å². The van der Waals surface area contributed by atoms with Crippen LogP contribution in [0, 0.1) is 0 Å². The topological polar surface area (TPSA) is 114 Å². The minimum atomic E-state index is -0.480. The number of aliphatic hydroxyl groups is 1. The summed E-state index contributed by atoms with van der Waals surface area (Å²) in [6.45, 7) is 2.75. The molecule has 3 N–H and O–H groups in total. The van der Waals surface area contributed by atoms with Crippen molar-refractivity contribution >= 4 is 11.2 Å². The van der Waals surface area contributed by atoms with Gasteiger partial charge in [-0.3, -0.25) is 13.9 Å². The molecule has 128 valence electrons. The zero-order chi connectivity index (χ0) is 17.3. The van der Waals surface area contributed by atoms with E-state index in [1.54, 1.807) is 6.20 Å². The Hall–Kier alpha value is -2.81. The number of aromatic amines is 1. The Labute approximate surface area is 136 Å². The zero-order valence-corrected chi connectivity index (χ0v) is 13.5. The number of ether oxygens (including phenoxy) is 1. The number of nitrogens with one attached hydrogen (secondary N) is 2. The van der Waals surface area contributed by atoms with Crippen molar-refractivity contribution in [2.24, 2.45) is 7.05 Å². The van der Waals surface area contributed by atoms with Crippen LogP contribution >= 0.6 is 0 Å². The van der Waals surface area contributed by atoms with Crippen LogP contribution in [0.3, 0.4) is 0 Å². The molecule has 1 aliphatic heterocycles. The Morgan fingerprint density at radius 1 is 1.42 bits per heavy atom. The highest BCUT2D eigenvalue weighted by Crippen LogP contribution is 2.15. The lowest BCUT2D eigenvalue weighted by atomic mass is 10.2. The Balaban J connectivity index is 2.03. The van der Waals surface area contributed by atoms with Gasteiger partial charge in [0.2, 0.25) is 0 Å². The summed E-state index contributed by atoms with van der Waals surface area (Å²) >= 11 is 0. The monoisotopic (exact) mass is 333 g/mol. The van der Waals surface area contributed by atoms with Gasteiger partial charge in [0.25, 0.3) is 5.56 Å². The molecule has 0 aliphatic carbocycles. The van der Waals surface area contributed by atoms with Crippen LogP contribution in [0.1, 0.15) is 13.3 Å². The molecule has 24 heavy (non-hydrogen) atoms. The van der Waals surface area contributed by atoms with Gasteiger partial charge in [-0.05, 0) is 19.4 Å². The highest BCUT2D eigenvalue weighted by Gasteiger charge is 2.16. The van der Waals surface area contributed by atoms with Gasteiger partial charge in [-0.25, -0.2) is 4.79 Å². The van der Waals surface area contributed by atoms with E-state index in [2.05, 4.69) is 15.3 Å². The molecule has 9 nitrogen and oxygen atoms in total. The third kappa shape index (κ3) is 2.85. The fourth-order valence-corrected chi connectivity index (χ4v) is 2.52. The van der Waals surface area contributed by atoms with Gasteiger partial charge in [-0.1, -0.05) is 5.57 Å². The largest absolute Gasteiger partial charge is 0.424 e. The maximum Gasteiger partial charge on any atom is 0.332 e. The molecule has 0 amide bonds. The number of dihydropyridines is 1. The maximum atomic E-state index is 12.5. The summed E-state index contributed by atoms with van der Waals surface area (Å²) in [4.78, 5) is 31.8. The van der Waals surface area contributed by atoms with E-state index in [1.807, 2.05) is 13.0 Å². The minimum absolute atomic E-state index is 0.0994. The molecule has 0 saturated carbocycles. The first-order valence-electron chi connectivity index (χ1n) is 7.60. The van der Waals surface area contributed by atoms with E-state index < -0.39 is 11.2 Å². The van der Waals surface area contributed by atoms with Crippen LogP contribution in [0.15, 0.2) is 33.2 Å². The number of aromatic nitrogens is 4. The van der Waals surface area contributed by atoms with Gasteiger partial charge in [0.05, 0.1) is 0 Å². The van der Waals surface area contributed by atoms with Crippen molar-refractivity contribution in [3.05, 3.63) is 44.4 Å². The quantitative estimate of drug-likeness (QED) is 0.684. The summed E-state index contributed by atoms with van der Waals surface area (Å²) in [5.74, 6) is 0.559. The molecule has 0 unspecified atom stereocenters. The molecular formula is C15H19N5O4. The van der Waals surface area contributed by atoms with E-state index in [1.165, 1.54) is 11.6 Å². The van der Waals surface area contributed by atoms with Crippen LogP contribution in [0.2, 0.25) is 0 Å². The van der Waals surface area contributed by atoms with Crippen molar-refractivity contribution in [3.8, 4) is 6.01 Å². The van der Waals surface area contributed by atoms with E-state index in [0.717, 1.165) is 16.7 Å². The zero-order valence-electron chi connectivity index (χ0n) is 13.5. The fraction of sp³-hybridized carbons (Fsp3) is 0.400. The number of nitrogens with zero attached hydrogens (tertiary/aromatic N) is 3. The molecule has 0 saturated heterocycles. The van der Waals surface area contributed by atoms with Gasteiger partial charge < -0.3 is 20.1 Å². The standard InChI is InChI=1S/C15H19N5O4/c1-9-6-10(8-16-7-9)24-14-17-11-12(18-14)19(2)15(23)20(13(11)22)4-3-5-21/h6,8,16,21H,3-5,7H2,1-2H3,(H,17,18). The highest BCUT2D eigenvalue weighted by atomic mass is 16.5. The Bertz CT molecular complexity index is 947. The number of aliphatic hydroxyl groups excluding tert-OH is 1. The molecule has 0 fully saturated rings. The Kier molecular flexibility index (Phi) is 4.26. The summed E-state index contributed by atoms with van der Waals surface area (Å²) in [5.41, 5.74) is 0.558. The van der Waals surface area contributed by atoms with Crippen LogP contribution in [0.4, 0.5) is 0 Å². The maximum absolute atomic E-state index is 12.5. The van der Waals surface area contributed by atoms with Gasteiger partial charge in [0, 0.05) is 32.9 Å². The van der Waals surface area contributed by atoms with Gasteiger partial charge >= 0.3 is 11.7 Å². The van der Waals surface area contributed by atoms with Crippen molar-refractivity contribution in [1.82, 2.24) is 24.4 Å². The molecule has 2 aromatic heterocycles. The predicted molar refractivity (Wildman–Crippen MR) is 87.8 cm³/mol. The molecule has 3 rings (SSSR count). The number of imidazole rings is 1. The highest BCUT2D eigenvalue weighted by molar-refractivity contribution is 5.70. The summed E-state index contributed by atoms with van der Waals surface area (Å²) < 4.78 is 7.99. The number of H-pyrrole nitrogens is 1. The van der Waals surface area contributed by atoms with Crippen LogP contribution in [-0.4, -0.2) is 37.4 Å². The molecule has 1 aliphatic rings. The first kappa shape index (κ1) is 16.1. The van der Waals surface area contributed by atoms with Gasteiger partial charge in [-0.15, -0.1) is 0 Å². The van der Waals surface area contributed by atoms with Crippen molar-refractivity contribution in [3.63, 3.8) is 0 Å². The number of hydrogen-bond donors (Lipinski definition) is 3. The lowest BCUT2D eigenvalue weighted by molar-refractivity contribution is 0.277. The summed E-state index contributed by atoms with van der Waals surface area (Å²) in [6.07, 6.45) is 3.89. The van der Waals surface area contributed by atoms with E-state index in [4.69, 9.17) is 9.84 Å². The number of allylic oxidation sites excluding steroid dienone is 1. The smallest absolute Gasteiger partial charge is 0.332 e. The first-order valence-corrected chi connectivity index (χ1v) is 7.60. The third-order valence-electron chi connectivity index (χ3n) is 3.73. The predicted octanol–water partition coefficient (Wildman–Crippen LogP) is -0.425. The average Bonchev–Trinajstić information content (AvgIpc) is 2.97. The molecule has 9 heteroatoms. The molecule has 3 heterocycles. The summed E-state index contributed by atoms with van der Waals surface area (Å²) in [6, 6.07) is 0.135. The van der Waals surface area contributed by atoms with Crippen molar-refractivity contribution in [1.29, 1.82) is 0 Å². The third-order valence-corrected chi connectivity index (χ3v) is 3.73. The number of hydrogen-bond acceptors (Lipinski definition) is 6. The van der Waals surface area contributed by atoms with E-state index in [9.17, 15) is 9.59 Å². The first-order chi connectivity index (χ1) is 11.5. The van der Waals surface area contributed by atoms with Gasteiger partial charge in [0.1, 0.15) is 5.76 Å². The second-order valence-electron chi connectivity index (χ2n) is 5.64. The number of fused-ring (bicyclic) bond motifs is 1. The minimum Gasteiger partial charge on any atom is -0.424 e. The van der Waals surface area contributed by atoms with Gasteiger partial charge in [-0.2, -0.15) is 4.98 Å². The van der Waals surface area contributed by atoms with E-state index >= 15 is 0 Å². The molecule has 2 aromatic rings. The molecular weight excluding hydrogens is 314 g/mol. The van der Waals surface area contributed by atoms with Crippen molar-refractivity contribution < 1.29 is 9.84 Å². The SMILES string of the molecule is CC1=CC(Oc2nc3c([nH]2)c(=O)n(CCCO)c(=O)n3C)=CNC1. The number of rotatable bonds is 5. The Morgan fingerprint density at radius 3 is 2.92 bits per heavy atom. The number of aryl methyl sites for hydroxylation is 1. The van der Waals surface area contributed by atoms with E-state index in [-0.39, 0.29) is 30.3 Å². The second kappa shape index (κ2) is 6.36. The van der Waals surface area contributed by atoms with Crippen molar-refractivity contribution in [2.75, 3.05) is 13.2 Å². The van der Waals surface area contributed by atoms with Crippen LogP contribution in [-0.2, 0) is 13.6 Å². The second-order valence-corrected chi connectivity index (χ2v) is 5.64. The summed E-state index contributed by atoms with van der Waals surface area (Å²) in [7, 11) is 1.54. The van der Waals surface area contributed by atoms with Crippen LogP contribution < -0.4 is 21.3 Å². The lowest BCUT2D eigenvalue weighted by Gasteiger charge is -2.11. The van der Waals surface area contributed by atoms with Crippen molar-refractivity contribution in [2.45, 2.75) is 19.9 Å². The average molecular weight is 333 g/mol. The fourth-order valence-electron chi connectivity index (χ4n) is 2.52. The lowest BCUT2D eigenvalue weighted by Crippen LogP contribution is -2.39. The Morgan fingerprint density at radius 2 is 2.21 bits per heavy atom. The molecule has 0 aromatic carbocycles. The molecule has 0 atom stereocenters. The van der Waals surface area contributed by atoms with Crippen LogP contribution in [0.5, 0.6) is 6.01 Å². The normalized spacial score (nSPS) is 14.3. The molecule has 0 radical (unpaired) electrons. The molecule has 0 bridgehead atoms.